The third-order valence-electron chi connectivity index (χ3n) is 3.22. The zero-order valence-corrected chi connectivity index (χ0v) is 11.8. The van der Waals surface area contributed by atoms with Gasteiger partial charge in [-0.25, -0.2) is 0 Å². The smallest absolute Gasteiger partial charge is 0.224 e. The molecule has 0 saturated carbocycles. The first-order valence-electron chi connectivity index (χ1n) is 6.25. The molecule has 0 aromatic carbocycles. The molecular formula is C13H20N2O2S. The lowest BCUT2D eigenvalue weighted by Crippen LogP contribution is -2.41. The van der Waals surface area contributed by atoms with Gasteiger partial charge in [0, 0.05) is 49.7 Å². The summed E-state index contributed by atoms with van der Waals surface area (Å²) in [5.74, 6) is 3.26. The zero-order valence-electron chi connectivity index (χ0n) is 10.9. The number of furan rings is 1. The Balaban J connectivity index is 1.83. The van der Waals surface area contributed by atoms with Crippen LogP contribution in [0.4, 0.5) is 0 Å². The fourth-order valence-corrected chi connectivity index (χ4v) is 2.99. The summed E-state index contributed by atoms with van der Waals surface area (Å²) in [5, 5.41) is 3.39. The molecule has 0 radical (unpaired) electrons. The van der Waals surface area contributed by atoms with Crippen molar-refractivity contribution in [1.82, 2.24) is 10.2 Å². The van der Waals surface area contributed by atoms with Crippen molar-refractivity contribution in [1.29, 1.82) is 0 Å². The Hall–Kier alpha value is -0.940. The third kappa shape index (κ3) is 3.53. The Morgan fingerprint density at radius 2 is 2.50 bits per heavy atom. The lowest BCUT2D eigenvalue weighted by Gasteiger charge is -2.25. The summed E-state index contributed by atoms with van der Waals surface area (Å²) < 4.78 is 5.24. The molecule has 1 fully saturated rings. The van der Waals surface area contributed by atoms with Crippen LogP contribution in [0.2, 0.25) is 0 Å². The quantitative estimate of drug-likeness (QED) is 0.902. The van der Waals surface area contributed by atoms with Crippen LogP contribution in [0.15, 0.2) is 16.7 Å². The Morgan fingerprint density at radius 1 is 1.67 bits per heavy atom. The minimum absolute atomic E-state index is 0.190. The number of nitrogens with one attached hydrogen (secondary N) is 1. The van der Waals surface area contributed by atoms with Crippen LogP contribution < -0.4 is 5.32 Å². The molecular weight excluding hydrogens is 248 g/mol. The average molecular weight is 268 g/mol. The molecule has 0 bridgehead atoms. The van der Waals surface area contributed by atoms with Gasteiger partial charge in [0.15, 0.2) is 0 Å². The van der Waals surface area contributed by atoms with Gasteiger partial charge in [-0.1, -0.05) is 0 Å². The summed E-state index contributed by atoms with van der Waals surface area (Å²) in [5.41, 5.74) is 1.08. The Morgan fingerprint density at radius 3 is 3.11 bits per heavy atom. The van der Waals surface area contributed by atoms with Crippen LogP contribution in [0, 0.1) is 6.92 Å². The van der Waals surface area contributed by atoms with Crippen molar-refractivity contribution in [2.45, 2.75) is 25.9 Å². The van der Waals surface area contributed by atoms with E-state index in [-0.39, 0.29) is 5.91 Å². The van der Waals surface area contributed by atoms with Crippen LogP contribution >= 0.6 is 11.8 Å². The van der Waals surface area contributed by atoms with E-state index in [9.17, 15) is 4.79 Å². The molecule has 1 aliphatic rings. The summed E-state index contributed by atoms with van der Waals surface area (Å²) in [7, 11) is 1.85. The Labute approximate surface area is 112 Å². The van der Waals surface area contributed by atoms with E-state index in [1.165, 1.54) is 0 Å². The maximum atomic E-state index is 12.1. The number of nitrogens with zero attached hydrogens (tertiary/aromatic N) is 1. The number of hydrogen-bond acceptors (Lipinski definition) is 4. The average Bonchev–Trinajstić information content (AvgIpc) is 2.76. The molecule has 1 unspecified atom stereocenters. The van der Waals surface area contributed by atoms with Gasteiger partial charge in [0.2, 0.25) is 5.91 Å². The summed E-state index contributed by atoms with van der Waals surface area (Å²) in [4.78, 5) is 13.9. The second-order valence-corrected chi connectivity index (χ2v) is 5.83. The molecule has 0 spiro atoms. The first kappa shape index (κ1) is 13.5. The van der Waals surface area contributed by atoms with E-state index in [4.69, 9.17) is 4.42 Å². The second kappa shape index (κ2) is 6.29. The zero-order chi connectivity index (χ0) is 13.0. The van der Waals surface area contributed by atoms with E-state index in [0.29, 0.717) is 19.0 Å². The predicted octanol–water partition coefficient (Wildman–Crippen LogP) is 1.64. The summed E-state index contributed by atoms with van der Waals surface area (Å²) in [6.45, 7) is 3.56. The van der Waals surface area contributed by atoms with E-state index < -0.39 is 0 Å². The van der Waals surface area contributed by atoms with Crippen molar-refractivity contribution < 1.29 is 9.21 Å². The SMILES string of the molecule is Cc1occc1CN(C)C(=O)CC1CSCCN1. The van der Waals surface area contributed by atoms with E-state index >= 15 is 0 Å². The van der Waals surface area contributed by atoms with E-state index in [1.807, 2.05) is 31.8 Å². The normalized spacial score (nSPS) is 19.8. The van der Waals surface area contributed by atoms with Gasteiger partial charge in [0.25, 0.3) is 0 Å². The number of thioether (sulfide) groups is 1. The molecule has 1 aromatic heterocycles. The molecule has 0 aliphatic carbocycles. The molecule has 5 heteroatoms. The highest BCUT2D eigenvalue weighted by Crippen LogP contribution is 2.14. The standard InChI is InChI=1S/C13H20N2O2S/c1-10-11(3-5-17-10)8-15(2)13(16)7-12-9-18-6-4-14-12/h3,5,12,14H,4,6-9H2,1-2H3. The molecule has 1 aromatic rings. The van der Waals surface area contributed by atoms with Gasteiger partial charge in [-0.05, 0) is 13.0 Å². The topological polar surface area (TPSA) is 45.5 Å². The van der Waals surface area contributed by atoms with Crippen molar-refractivity contribution >= 4 is 17.7 Å². The van der Waals surface area contributed by atoms with Crippen LogP contribution in [0.25, 0.3) is 0 Å². The van der Waals surface area contributed by atoms with Crippen LogP contribution in [0.1, 0.15) is 17.7 Å². The van der Waals surface area contributed by atoms with Gasteiger partial charge in [0.1, 0.15) is 5.76 Å². The minimum Gasteiger partial charge on any atom is -0.469 e. The van der Waals surface area contributed by atoms with Crippen molar-refractivity contribution in [2.24, 2.45) is 0 Å². The number of carbonyl (C=O) groups is 1. The van der Waals surface area contributed by atoms with Crippen molar-refractivity contribution in [3.05, 3.63) is 23.7 Å². The molecule has 2 heterocycles. The van der Waals surface area contributed by atoms with Gasteiger partial charge in [0.05, 0.1) is 6.26 Å². The van der Waals surface area contributed by atoms with Gasteiger partial charge in [-0.2, -0.15) is 11.8 Å². The molecule has 4 nitrogen and oxygen atoms in total. The fourth-order valence-electron chi connectivity index (χ4n) is 2.04. The lowest BCUT2D eigenvalue weighted by molar-refractivity contribution is -0.130. The summed E-state index contributed by atoms with van der Waals surface area (Å²) >= 11 is 1.92. The lowest BCUT2D eigenvalue weighted by atomic mass is 10.2. The second-order valence-electron chi connectivity index (χ2n) is 4.68. The predicted molar refractivity (Wildman–Crippen MR) is 73.7 cm³/mol. The number of carbonyl (C=O) groups excluding carboxylic acids is 1. The highest BCUT2D eigenvalue weighted by molar-refractivity contribution is 7.99. The molecule has 1 saturated heterocycles. The Bertz CT molecular complexity index is 399. The molecule has 18 heavy (non-hydrogen) atoms. The van der Waals surface area contributed by atoms with Gasteiger partial charge < -0.3 is 14.6 Å². The summed E-state index contributed by atoms with van der Waals surface area (Å²) in [6.07, 6.45) is 2.25. The molecule has 100 valence electrons. The molecule has 1 N–H and O–H groups in total. The minimum atomic E-state index is 0.190. The molecule has 1 atom stereocenters. The molecule has 1 amide bonds. The van der Waals surface area contributed by atoms with Crippen LogP contribution in [-0.2, 0) is 11.3 Å². The number of aryl methyl sites for hydroxylation is 1. The first-order chi connectivity index (χ1) is 8.66. The van der Waals surface area contributed by atoms with Gasteiger partial charge in [-0.15, -0.1) is 0 Å². The maximum absolute atomic E-state index is 12.1. The van der Waals surface area contributed by atoms with E-state index in [0.717, 1.165) is 29.4 Å². The number of rotatable bonds is 4. The first-order valence-corrected chi connectivity index (χ1v) is 7.40. The van der Waals surface area contributed by atoms with Crippen LogP contribution in [0.5, 0.6) is 0 Å². The Kier molecular flexibility index (Phi) is 4.72. The van der Waals surface area contributed by atoms with Gasteiger partial charge >= 0.3 is 0 Å². The molecule has 1 aliphatic heterocycles. The van der Waals surface area contributed by atoms with Crippen molar-refractivity contribution in [3.8, 4) is 0 Å². The third-order valence-corrected chi connectivity index (χ3v) is 4.35. The molecule has 2 rings (SSSR count). The number of hydrogen-bond donors (Lipinski definition) is 1. The highest BCUT2D eigenvalue weighted by atomic mass is 32.2. The van der Waals surface area contributed by atoms with Crippen molar-refractivity contribution in [3.63, 3.8) is 0 Å². The van der Waals surface area contributed by atoms with Crippen LogP contribution in [-0.4, -0.2) is 41.9 Å². The van der Waals surface area contributed by atoms with Gasteiger partial charge in [-0.3, -0.25) is 4.79 Å². The largest absolute Gasteiger partial charge is 0.469 e. The summed E-state index contributed by atoms with van der Waals surface area (Å²) in [6, 6.07) is 2.25. The monoisotopic (exact) mass is 268 g/mol. The maximum Gasteiger partial charge on any atom is 0.224 e. The van der Waals surface area contributed by atoms with E-state index in [2.05, 4.69) is 5.32 Å². The highest BCUT2D eigenvalue weighted by Gasteiger charge is 2.19. The van der Waals surface area contributed by atoms with Crippen molar-refractivity contribution in [2.75, 3.05) is 25.1 Å². The van der Waals surface area contributed by atoms with E-state index in [1.54, 1.807) is 11.2 Å². The van der Waals surface area contributed by atoms with Crippen LogP contribution in [0.3, 0.4) is 0 Å². The fraction of sp³-hybridized carbons (Fsp3) is 0.615. The number of amides is 1.